The van der Waals surface area contributed by atoms with E-state index in [9.17, 15) is 19.1 Å². The van der Waals surface area contributed by atoms with Crippen LogP contribution < -0.4 is 4.74 Å². The van der Waals surface area contributed by atoms with Crippen molar-refractivity contribution in [3.63, 3.8) is 0 Å². The SMILES string of the molecule is CN(C)C(=O)[C@]1(CO[Si](C)(C)C(C)(C)C)CC[C@H](c2ccc(OCc3ccccc3F)cc2)N1C(=O)O. The molecule has 0 unspecified atom stereocenters. The van der Waals surface area contributed by atoms with Crippen molar-refractivity contribution in [3.05, 3.63) is 65.5 Å². The van der Waals surface area contributed by atoms with Gasteiger partial charge in [-0.15, -0.1) is 0 Å². The summed E-state index contributed by atoms with van der Waals surface area (Å²) >= 11 is 0. The summed E-state index contributed by atoms with van der Waals surface area (Å²) < 4.78 is 26.1. The maximum atomic E-state index is 13.9. The fourth-order valence-corrected chi connectivity index (χ4v) is 5.50. The molecule has 0 aliphatic carbocycles. The topological polar surface area (TPSA) is 79.3 Å². The van der Waals surface area contributed by atoms with Gasteiger partial charge in [-0.1, -0.05) is 51.1 Å². The first-order chi connectivity index (χ1) is 17.2. The molecule has 0 radical (unpaired) electrons. The van der Waals surface area contributed by atoms with Gasteiger partial charge in [0, 0.05) is 19.7 Å². The van der Waals surface area contributed by atoms with E-state index in [1.807, 2.05) is 12.1 Å². The molecule has 2 aromatic carbocycles. The Hall–Kier alpha value is -2.91. The zero-order chi connectivity index (χ0) is 27.6. The number of likely N-dealkylation sites (tertiary alicyclic amines) is 1. The average Bonchev–Trinajstić information content (AvgIpc) is 3.22. The predicted molar refractivity (Wildman–Crippen MR) is 144 cm³/mol. The number of halogens is 1. The number of carboxylic acid groups (broad SMARTS) is 1. The van der Waals surface area contributed by atoms with Crippen molar-refractivity contribution in [2.24, 2.45) is 0 Å². The van der Waals surface area contributed by atoms with Crippen LogP contribution in [0.3, 0.4) is 0 Å². The van der Waals surface area contributed by atoms with Crippen molar-refractivity contribution in [3.8, 4) is 5.75 Å². The number of hydrogen-bond acceptors (Lipinski definition) is 4. The lowest BCUT2D eigenvalue weighted by atomic mass is 9.95. The van der Waals surface area contributed by atoms with Crippen molar-refractivity contribution in [1.29, 1.82) is 0 Å². The highest BCUT2D eigenvalue weighted by Gasteiger charge is 2.56. The maximum absolute atomic E-state index is 13.9. The van der Waals surface area contributed by atoms with Crippen molar-refractivity contribution in [1.82, 2.24) is 9.80 Å². The molecule has 0 saturated carbocycles. The Labute approximate surface area is 220 Å². The Balaban J connectivity index is 1.86. The molecule has 1 fully saturated rings. The number of amides is 2. The lowest BCUT2D eigenvalue weighted by Gasteiger charge is -2.43. The summed E-state index contributed by atoms with van der Waals surface area (Å²) in [5.41, 5.74) is -0.0928. The van der Waals surface area contributed by atoms with Gasteiger partial charge < -0.3 is 19.2 Å². The molecule has 0 spiro atoms. The molecule has 1 heterocycles. The minimum atomic E-state index is -2.25. The molecular formula is C28H39FN2O5Si. The molecule has 1 aliphatic heterocycles. The van der Waals surface area contributed by atoms with Crippen molar-refractivity contribution in [2.45, 2.75) is 69.9 Å². The van der Waals surface area contributed by atoms with Crippen molar-refractivity contribution >= 4 is 20.3 Å². The van der Waals surface area contributed by atoms with E-state index in [4.69, 9.17) is 9.16 Å². The van der Waals surface area contributed by atoms with Gasteiger partial charge in [0.2, 0.25) is 0 Å². The fraction of sp³-hybridized carbons (Fsp3) is 0.500. The summed E-state index contributed by atoms with van der Waals surface area (Å²) in [5.74, 6) is -0.0614. The van der Waals surface area contributed by atoms with E-state index >= 15 is 0 Å². The minimum absolute atomic E-state index is 0.0210. The number of likely N-dealkylation sites (N-methyl/N-ethyl adjacent to an activating group) is 1. The number of carbonyl (C=O) groups excluding carboxylic acids is 1. The van der Waals surface area contributed by atoms with E-state index in [0.717, 1.165) is 5.56 Å². The highest BCUT2D eigenvalue weighted by Crippen LogP contribution is 2.46. The Bertz CT molecular complexity index is 1120. The van der Waals surface area contributed by atoms with Crippen LogP contribution >= 0.6 is 0 Å². The third-order valence-corrected chi connectivity index (χ3v) is 12.2. The minimum Gasteiger partial charge on any atom is -0.489 e. The Kier molecular flexibility index (Phi) is 8.39. The average molecular weight is 531 g/mol. The molecule has 0 aromatic heterocycles. The highest BCUT2D eigenvalue weighted by atomic mass is 28.4. The Morgan fingerprint density at radius 1 is 1.14 bits per heavy atom. The van der Waals surface area contributed by atoms with Gasteiger partial charge in [-0.05, 0) is 54.7 Å². The van der Waals surface area contributed by atoms with Gasteiger partial charge in [-0.25, -0.2) is 9.18 Å². The van der Waals surface area contributed by atoms with E-state index in [1.54, 1.807) is 44.4 Å². The zero-order valence-corrected chi connectivity index (χ0v) is 23.9. The van der Waals surface area contributed by atoms with Crippen molar-refractivity contribution < 1.29 is 28.2 Å². The molecular weight excluding hydrogens is 491 g/mol. The monoisotopic (exact) mass is 530 g/mol. The number of nitrogens with zero attached hydrogens (tertiary/aromatic N) is 2. The second kappa shape index (κ2) is 10.8. The second-order valence-electron chi connectivity index (χ2n) is 11.4. The van der Waals surface area contributed by atoms with Crippen LogP contribution in [-0.2, 0) is 15.8 Å². The largest absolute Gasteiger partial charge is 0.489 e. The van der Waals surface area contributed by atoms with Gasteiger partial charge in [0.25, 0.3) is 5.91 Å². The number of hydrogen-bond donors (Lipinski definition) is 1. The van der Waals surface area contributed by atoms with Gasteiger partial charge >= 0.3 is 6.09 Å². The zero-order valence-electron chi connectivity index (χ0n) is 22.9. The summed E-state index contributed by atoms with van der Waals surface area (Å²) in [6, 6.07) is 13.0. The first kappa shape index (κ1) is 28.7. The van der Waals surface area contributed by atoms with Crippen LogP contribution in [0, 0.1) is 5.82 Å². The van der Waals surface area contributed by atoms with Gasteiger partial charge in [-0.3, -0.25) is 9.69 Å². The van der Waals surface area contributed by atoms with Crippen LogP contribution in [0.15, 0.2) is 48.5 Å². The number of carbonyl (C=O) groups is 2. The van der Waals surface area contributed by atoms with Crippen LogP contribution in [0.2, 0.25) is 18.1 Å². The summed E-state index contributed by atoms with van der Waals surface area (Å²) in [7, 11) is 1.04. The highest BCUT2D eigenvalue weighted by molar-refractivity contribution is 6.74. The normalized spacial score (nSPS) is 20.1. The quantitative estimate of drug-likeness (QED) is 0.419. The molecule has 1 N–H and O–H groups in total. The van der Waals surface area contributed by atoms with Gasteiger partial charge in [0.1, 0.15) is 23.7 Å². The van der Waals surface area contributed by atoms with E-state index in [1.165, 1.54) is 15.9 Å². The predicted octanol–water partition coefficient (Wildman–Crippen LogP) is 6.07. The third-order valence-electron chi connectivity index (χ3n) is 7.71. The Morgan fingerprint density at radius 3 is 2.30 bits per heavy atom. The molecule has 3 rings (SSSR count). The van der Waals surface area contributed by atoms with Gasteiger partial charge in [-0.2, -0.15) is 0 Å². The molecule has 1 aliphatic rings. The van der Waals surface area contributed by atoms with Crippen LogP contribution in [-0.4, -0.2) is 61.5 Å². The van der Waals surface area contributed by atoms with Crippen molar-refractivity contribution in [2.75, 3.05) is 20.7 Å². The fourth-order valence-electron chi connectivity index (χ4n) is 4.46. The van der Waals surface area contributed by atoms with Gasteiger partial charge in [0.05, 0.1) is 12.6 Å². The standard InChI is InChI=1S/C28H39FN2O5Si/c1-27(2,3)37(6,7)36-19-28(25(32)30(4)5)17-16-24(31(28)26(33)34)20-12-14-22(15-13-20)35-18-21-10-8-9-11-23(21)29/h8-15,24H,16-19H2,1-7H3,(H,33,34)/t24-,28-/m1/s1. The first-order valence-corrected chi connectivity index (χ1v) is 15.4. The van der Waals surface area contributed by atoms with Crippen LogP contribution in [0.5, 0.6) is 5.75 Å². The van der Waals surface area contributed by atoms with Gasteiger partial charge in [0.15, 0.2) is 8.32 Å². The summed E-state index contributed by atoms with van der Waals surface area (Å²) in [5, 5.41) is 10.3. The van der Waals surface area contributed by atoms with E-state index in [0.29, 0.717) is 24.2 Å². The number of benzene rings is 2. The summed E-state index contributed by atoms with van der Waals surface area (Å²) in [6.07, 6.45) is -0.306. The summed E-state index contributed by atoms with van der Waals surface area (Å²) in [4.78, 5) is 28.9. The van der Waals surface area contributed by atoms with Crippen LogP contribution in [0.1, 0.15) is 50.8 Å². The lowest BCUT2D eigenvalue weighted by Crippen LogP contribution is -2.61. The summed E-state index contributed by atoms with van der Waals surface area (Å²) in [6.45, 7) is 10.6. The molecule has 2 amide bonds. The maximum Gasteiger partial charge on any atom is 0.408 e. The molecule has 1 saturated heterocycles. The smallest absolute Gasteiger partial charge is 0.408 e. The first-order valence-electron chi connectivity index (χ1n) is 12.5. The second-order valence-corrected chi connectivity index (χ2v) is 16.2. The molecule has 9 heteroatoms. The van der Waals surface area contributed by atoms with Crippen LogP contribution in [0.25, 0.3) is 0 Å². The number of ether oxygens (including phenoxy) is 1. The number of rotatable bonds is 8. The Morgan fingerprint density at radius 2 is 1.76 bits per heavy atom. The molecule has 7 nitrogen and oxygen atoms in total. The molecule has 2 atom stereocenters. The van der Waals surface area contributed by atoms with Crippen LogP contribution in [0.4, 0.5) is 9.18 Å². The van der Waals surface area contributed by atoms with E-state index < -0.39 is 26.0 Å². The molecule has 2 aromatic rings. The molecule has 202 valence electrons. The molecule has 0 bridgehead atoms. The molecule has 37 heavy (non-hydrogen) atoms. The lowest BCUT2D eigenvalue weighted by molar-refractivity contribution is -0.142. The van der Waals surface area contributed by atoms with E-state index in [2.05, 4.69) is 33.9 Å². The van der Waals surface area contributed by atoms with E-state index in [-0.39, 0.29) is 30.0 Å². The third kappa shape index (κ3) is 5.99.